The molecule has 0 heterocycles. The number of carbonyl (C=O) groups excluding carboxylic acids is 1. The molecule has 0 saturated carbocycles. The Kier molecular flexibility index (Phi) is 4.53. The first kappa shape index (κ1) is 12.0. The molecule has 13 heavy (non-hydrogen) atoms. The van der Waals surface area contributed by atoms with Crippen molar-refractivity contribution in [3.05, 3.63) is 33.9 Å². The van der Waals surface area contributed by atoms with Crippen LogP contribution in [0.4, 0.5) is 5.69 Å². The number of aldehydes is 1. The maximum Gasteiger partial charge on any atom is 4.00 e. The fourth-order valence-electron chi connectivity index (χ4n) is 0.791. The summed E-state index contributed by atoms with van der Waals surface area (Å²) < 4.78 is 0. The first-order valence-corrected chi connectivity index (χ1v) is 3.08. The third kappa shape index (κ3) is 2.47. The van der Waals surface area contributed by atoms with E-state index in [1.165, 1.54) is 12.1 Å². The van der Waals surface area contributed by atoms with Crippen LogP contribution in [0, 0.1) is 10.1 Å². The summed E-state index contributed by atoms with van der Waals surface area (Å²) in [6.45, 7) is 0. The van der Waals surface area contributed by atoms with Crippen molar-refractivity contribution in [2.75, 3.05) is 0 Å². The second-order valence-corrected chi connectivity index (χ2v) is 2.09. The number of carbonyl (C=O) groups is 1. The molecular weight excluding hydrogens is 369 g/mol. The topological polar surface area (TPSA) is 80.4 Å². The number of rotatable bonds is 2. The van der Waals surface area contributed by atoms with Crippen molar-refractivity contribution in [1.29, 1.82) is 0 Å². The molecule has 62 valence electrons. The molecule has 0 aliphatic carbocycles. The summed E-state index contributed by atoms with van der Waals surface area (Å²) in [6, 6.07) is 3.76. The third-order valence-electron chi connectivity index (χ3n) is 1.37. The van der Waals surface area contributed by atoms with E-state index < -0.39 is 16.4 Å². The molecule has 0 aliphatic rings. The molecule has 0 aliphatic heterocycles. The van der Waals surface area contributed by atoms with Gasteiger partial charge in [0.25, 0.3) is 0 Å². The van der Waals surface area contributed by atoms with Gasteiger partial charge in [-0.2, -0.15) is 0 Å². The van der Waals surface area contributed by atoms with Crippen molar-refractivity contribution in [3.8, 4) is 5.75 Å². The minimum Gasteiger partial charge on any atom is -0.502 e. The summed E-state index contributed by atoms with van der Waals surface area (Å²) >= 11 is 0. The molecule has 0 aromatic heterocycles. The Morgan fingerprint density at radius 1 is 1.46 bits per heavy atom. The SMILES string of the molecule is O=Cc1cccc([N+](=O)[O-])c1O.[Pb+4]. The summed E-state index contributed by atoms with van der Waals surface area (Å²) in [5.74, 6) is -0.586. The number of phenols is 1. The minimum atomic E-state index is -0.748. The van der Waals surface area contributed by atoms with Crippen LogP contribution >= 0.6 is 0 Å². The molecule has 0 spiro atoms. The molecule has 1 aromatic carbocycles. The summed E-state index contributed by atoms with van der Waals surface area (Å²) in [4.78, 5) is 19.7. The Balaban J connectivity index is 0.00000144. The van der Waals surface area contributed by atoms with Gasteiger partial charge in [-0.05, 0) is 6.07 Å². The second-order valence-electron chi connectivity index (χ2n) is 2.09. The molecule has 5 nitrogen and oxygen atoms in total. The van der Waals surface area contributed by atoms with Gasteiger partial charge in [-0.25, -0.2) is 0 Å². The molecule has 0 fully saturated rings. The summed E-state index contributed by atoms with van der Waals surface area (Å²) in [5.41, 5.74) is -0.538. The average molecular weight is 374 g/mol. The van der Waals surface area contributed by atoms with Gasteiger partial charge in [0.2, 0.25) is 5.75 Å². The van der Waals surface area contributed by atoms with E-state index >= 15 is 0 Å². The maximum absolute atomic E-state index is 10.2. The van der Waals surface area contributed by atoms with Crippen LogP contribution in [-0.2, 0) is 0 Å². The summed E-state index contributed by atoms with van der Waals surface area (Å²) in [5, 5.41) is 19.3. The van der Waals surface area contributed by atoms with Crippen LogP contribution in [0.5, 0.6) is 5.75 Å². The standard InChI is InChI=1S/C7H5NO4.Pb/c9-4-5-2-1-3-6(7(5)10)8(11)12;/h1-4,10H;/q;+4. The van der Waals surface area contributed by atoms with Gasteiger partial charge in [-0.3, -0.25) is 14.9 Å². The van der Waals surface area contributed by atoms with E-state index in [0.717, 1.165) is 6.07 Å². The first-order valence-electron chi connectivity index (χ1n) is 3.08. The van der Waals surface area contributed by atoms with E-state index in [9.17, 15) is 14.9 Å². The second kappa shape index (κ2) is 4.90. The van der Waals surface area contributed by atoms with Crippen molar-refractivity contribution in [2.24, 2.45) is 0 Å². The van der Waals surface area contributed by atoms with Crippen LogP contribution < -0.4 is 0 Å². The van der Waals surface area contributed by atoms with Gasteiger partial charge in [-0.1, -0.05) is 6.07 Å². The van der Waals surface area contributed by atoms with Crippen molar-refractivity contribution in [3.63, 3.8) is 0 Å². The maximum atomic E-state index is 10.2. The van der Waals surface area contributed by atoms with Gasteiger partial charge in [0.15, 0.2) is 6.29 Å². The van der Waals surface area contributed by atoms with Crippen molar-refractivity contribution < 1.29 is 14.8 Å². The van der Waals surface area contributed by atoms with Crippen LogP contribution in [0.2, 0.25) is 0 Å². The average Bonchev–Trinajstić information content (AvgIpc) is 2.04. The molecule has 1 rings (SSSR count). The fraction of sp³-hybridized carbons (Fsp3) is 0. The van der Waals surface area contributed by atoms with Gasteiger partial charge in [0, 0.05) is 6.07 Å². The van der Waals surface area contributed by atoms with E-state index in [1.54, 1.807) is 0 Å². The molecule has 0 radical (unpaired) electrons. The molecule has 0 saturated heterocycles. The quantitative estimate of drug-likeness (QED) is 0.358. The number of para-hydroxylation sites is 1. The smallest absolute Gasteiger partial charge is 0.502 e. The van der Waals surface area contributed by atoms with E-state index in [0.29, 0.717) is 6.29 Å². The zero-order chi connectivity index (χ0) is 9.14. The van der Waals surface area contributed by atoms with Crippen LogP contribution in [0.3, 0.4) is 0 Å². The van der Waals surface area contributed by atoms with E-state index in [2.05, 4.69) is 0 Å². The van der Waals surface area contributed by atoms with Crippen LogP contribution in [0.1, 0.15) is 10.4 Å². The number of nitrogens with zero attached hydrogens (tertiary/aromatic N) is 1. The van der Waals surface area contributed by atoms with E-state index in [-0.39, 0.29) is 32.9 Å². The number of hydrogen-bond donors (Lipinski definition) is 1. The number of nitro benzene ring substituents is 1. The molecule has 1 N–H and O–H groups in total. The number of benzene rings is 1. The zero-order valence-corrected chi connectivity index (χ0v) is 10.3. The van der Waals surface area contributed by atoms with Crippen molar-refractivity contribution in [1.82, 2.24) is 0 Å². The van der Waals surface area contributed by atoms with Crippen LogP contribution in [-0.4, -0.2) is 43.6 Å². The number of phenolic OH excluding ortho intramolecular Hbond substituents is 1. The van der Waals surface area contributed by atoms with Crippen LogP contribution in [0.15, 0.2) is 18.2 Å². The monoisotopic (exact) mass is 375 g/mol. The summed E-state index contributed by atoms with van der Waals surface area (Å²) in [6.07, 6.45) is 0.363. The van der Waals surface area contributed by atoms with Gasteiger partial charge in [0.1, 0.15) is 0 Å². The fourth-order valence-corrected chi connectivity index (χ4v) is 0.791. The predicted molar refractivity (Wildman–Crippen MR) is 45.9 cm³/mol. The van der Waals surface area contributed by atoms with Gasteiger partial charge in [-0.15, -0.1) is 0 Å². The molecule has 0 unspecified atom stereocenters. The van der Waals surface area contributed by atoms with Crippen LogP contribution in [0.25, 0.3) is 0 Å². The van der Waals surface area contributed by atoms with Crippen molar-refractivity contribution in [2.45, 2.75) is 0 Å². The minimum absolute atomic E-state index is 0. The molecular formula is C7H5NO4Pb+4. The van der Waals surface area contributed by atoms with E-state index in [1.807, 2.05) is 0 Å². The largest absolute Gasteiger partial charge is 4.00 e. The summed E-state index contributed by atoms with van der Waals surface area (Å²) in [7, 11) is 0. The first-order chi connectivity index (χ1) is 5.66. The Labute approximate surface area is 93.7 Å². The van der Waals surface area contributed by atoms with Gasteiger partial charge < -0.3 is 5.11 Å². The zero-order valence-electron chi connectivity index (χ0n) is 6.43. The molecule has 1 aromatic rings. The third-order valence-corrected chi connectivity index (χ3v) is 1.37. The van der Waals surface area contributed by atoms with Crippen molar-refractivity contribution >= 4 is 39.3 Å². The number of hydrogen-bond acceptors (Lipinski definition) is 4. The van der Waals surface area contributed by atoms with Gasteiger partial charge in [0.05, 0.1) is 10.5 Å². The number of nitro groups is 1. The van der Waals surface area contributed by atoms with E-state index in [4.69, 9.17) is 5.11 Å². The Morgan fingerprint density at radius 2 is 2.08 bits per heavy atom. The predicted octanol–water partition coefficient (Wildman–Crippen LogP) is 0.732. The molecule has 6 heteroatoms. The Hall–Kier alpha value is -0.988. The molecule has 0 atom stereocenters. The molecule has 0 amide bonds. The Morgan fingerprint density at radius 3 is 2.54 bits per heavy atom. The number of aromatic hydroxyl groups is 1. The normalized spacial score (nSPS) is 8.62. The molecule has 0 bridgehead atoms. The Bertz CT molecular complexity index is 339. The van der Waals surface area contributed by atoms with Gasteiger partial charge >= 0.3 is 33.0 Å².